The molecule has 3 aliphatic rings. The molecule has 4 rings (SSSR count). The molecule has 0 aromatic heterocycles. The van der Waals surface area contributed by atoms with Gasteiger partial charge in [0.05, 0.1) is 19.3 Å². The van der Waals surface area contributed by atoms with Crippen LogP contribution in [0.25, 0.3) is 0 Å². The Kier molecular flexibility index (Phi) is 3.92. The van der Waals surface area contributed by atoms with Crippen LogP contribution < -0.4 is 4.74 Å². The molecule has 0 radical (unpaired) electrons. The summed E-state index contributed by atoms with van der Waals surface area (Å²) < 4.78 is 5.38. The van der Waals surface area contributed by atoms with E-state index in [4.69, 9.17) is 4.74 Å². The van der Waals surface area contributed by atoms with Crippen LogP contribution in [0.1, 0.15) is 56.6 Å². The van der Waals surface area contributed by atoms with E-state index in [1.54, 1.807) is 7.11 Å². The molecule has 1 aromatic rings. The fourth-order valence-electron chi connectivity index (χ4n) is 6.60. The van der Waals surface area contributed by atoms with Gasteiger partial charge in [0, 0.05) is 5.92 Å². The number of ether oxygens (including phenoxy) is 1. The monoisotopic (exact) mass is 330 g/mol. The molecule has 3 aliphatic carbocycles. The number of hydrogen-bond acceptors (Lipinski definition) is 3. The van der Waals surface area contributed by atoms with Gasteiger partial charge in [-0.05, 0) is 85.5 Å². The minimum absolute atomic E-state index is 0.0821. The van der Waals surface area contributed by atoms with Gasteiger partial charge in [0.2, 0.25) is 0 Å². The third kappa shape index (κ3) is 2.24. The first-order chi connectivity index (χ1) is 11.5. The first-order valence-corrected chi connectivity index (χ1v) is 9.48. The molecule has 3 unspecified atom stereocenters. The van der Waals surface area contributed by atoms with Crippen molar-refractivity contribution in [2.45, 2.75) is 64.1 Å². The number of aryl methyl sites for hydroxylation is 1. The highest BCUT2D eigenvalue weighted by molar-refractivity contribution is 5.41. The zero-order valence-electron chi connectivity index (χ0n) is 15.0. The van der Waals surface area contributed by atoms with E-state index in [1.165, 1.54) is 17.5 Å². The summed E-state index contributed by atoms with van der Waals surface area (Å²) in [6, 6.07) is 6.37. The van der Waals surface area contributed by atoms with E-state index >= 15 is 0 Å². The second kappa shape index (κ2) is 5.74. The maximum Gasteiger partial charge on any atom is 0.119 e. The highest BCUT2D eigenvalue weighted by atomic mass is 16.5. The Hall–Kier alpha value is -1.06. The van der Waals surface area contributed by atoms with Crippen LogP contribution in [0, 0.1) is 23.2 Å². The molecule has 0 amide bonds. The van der Waals surface area contributed by atoms with Crippen molar-refractivity contribution in [2.75, 3.05) is 7.11 Å². The van der Waals surface area contributed by atoms with Gasteiger partial charge < -0.3 is 14.9 Å². The Morgan fingerprint density at radius 2 is 2.04 bits per heavy atom. The first-order valence-electron chi connectivity index (χ1n) is 9.48. The molecule has 1 aromatic carbocycles. The molecule has 2 N–H and O–H groups in total. The largest absolute Gasteiger partial charge is 0.497 e. The van der Waals surface area contributed by atoms with Crippen LogP contribution in [-0.2, 0) is 6.42 Å². The van der Waals surface area contributed by atoms with Gasteiger partial charge in [-0.2, -0.15) is 0 Å². The van der Waals surface area contributed by atoms with Gasteiger partial charge in [0.25, 0.3) is 0 Å². The average molecular weight is 330 g/mol. The normalized spacial score (nSPS) is 42.0. The molecule has 3 heteroatoms. The Morgan fingerprint density at radius 3 is 2.75 bits per heavy atom. The number of methoxy groups -OCH3 is 1. The van der Waals surface area contributed by atoms with Gasteiger partial charge in [0.15, 0.2) is 0 Å². The zero-order valence-corrected chi connectivity index (χ0v) is 15.0. The average Bonchev–Trinajstić information content (AvgIpc) is 2.90. The molecular weight excluding hydrogens is 300 g/mol. The van der Waals surface area contributed by atoms with Crippen LogP contribution in [0.5, 0.6) is 5.75 Å². The summed E-state index contributed by atoms with van der Waals surface area (Å²) in [6.07, 6.45) is 4.77. The third-order valence-corrected chi connectivity index (χ3v) is 7.56. The number of benzene rings is 1. The van der Waals surface area contributed by atoms with Crippen LogP contribution in [0.3, 0.4) is 0 Å². The summed E-state index contributed by atoms with van der Waals surface area (Å²) in [4.78, 5) is 0. The van der Waals surface area contributed by atoms with Crippen molar-refractivity contribution in [3.63, 3.8) is 0 Å². The van der Waals surface area contributed by atoms with E-state index < -0.39 is 0 Å². The predicted molar refractivity (Wildman–Crippen MR) is 94.2 cm³/mol. The number of aliphatic hydroxyl groups excluding tert-OH is 2. The topological polar surface area (TPSA) is 49.7 Å². The van der Waals surface area contributed by atoms with Crippen molar-refractivity contribution in [3.8, 4) is 5.75 Å². The Labute approximate surface area is 145 Å². The van der Waals surface area contributed by atoms with Crippen LogP contribution in [0.2, 0.25) is 0 Å². The lowest BCUT2D eigenvalue weighted by atomic mass is 9.53. The van der Waals surface area contributed by atoms with Crippen LogP contribution in [0.4, 0.5) is 0 Å². The summed E-state index contributed by atoms with van der Waals surface area (Å²) in [6.45, 7) is 4.25. The Bertz CT molecular complexity index is 626. The molecule has 0 bridgehead atoms. The molecule has 24 heavy (non-hydrogen) atoms. The highest BCUT2D eigenvalue weighted by Gasteiger charge is 2.58. The van der Waals surface area contributed by atoms with Crippen LogP contribution in [-0.4, -0.2) is 29.5 Å². The minimum Gasteiger partial charge on any atom is -0.497 e. The fourth-order valence-corrected chi connectivity index (χ4v) is 6.60. The lowest BCUT2D eigenvalue weighted by molar-refractivity contribution is -0.0754. The lowest BCUT2D eigenvalue weighted by Gasteiger charge is -2.53. The van der Waals surface area contributed by atoms with E-state index in [-0.39, 0.29) is 23.5 Å². The van der Waals surface area contributed by atoms with E-state index in [0.29, 0.717) is 17.8 Å². The first kappa shape index (κ1) is 16.4. The van der Waals surface area contributed by atoms with Crippen molar-refractivity contribution in [2.24, 2.45) is 23.2 Å². The summed E-state index contributed by atoms with van der Waals surface area (Å²) in [5.41, 5.74) is 2.77. The third-order valence-electron chi connectivity index (χ3n) is 7.56. The second-order valence-corrected chi connectivity index (χ2v) is 8.60. The molecule has 0 heterocycles. The van der Waals surface area contributed by atoms with Crippen LogP contribution in [0.15, 0.2) is 18.2 Å². The molecule has 3 nitrogen and oxygen atoms in total. The molecule has 132 valence electrons. The fraction of sp³-hybridized carbons (Fsp3) is 0.714. The number of rotatable bonds is 2. The molecule has 0 spiro atoms. The molecule has 0 aliphatic heterocycles. The highest BCUT2D eigenvalue weighted by Crippen LogP contribution is 2.63. The lowest BCUT2D eigenvalue weighted by Crippen LogP contribution is -2.50. The Balaban J connectivity index is 1.70. The van der Waals surface area contributed by atoms with Crippen molar-refractivity contribution < 1.29 is 14.9 Å². The maximum absolute atomic E-state index is 11.1. The number of hydrogen-bond donors (Lipinski definition) is 2. The van der Waals surface area contributed by atoms with Gasteiger partial charge in [-0.25, -0.2) is 0 Å². The number of aliphatic hydroxyl groups is 2. The summed E-state index contributed by atoms with van der Waals surface area (Å²) in [5, 5.41) is 21.3. The van der Waals surface area contributed by atoms with E-state index in [2.05, 4.69) is 19.1 Å². The second-order valence-electron chi connectivity index (χ2n) is 8.60. The minimum atomic E-state index is -0.303. The van der Waals surface area contributed by atoms with Gasteiger partial charge in [0.1, 0.15) is 5.75 Å². The van der Waals surface area contributed by atoms with Gasteiger partial charge in [-0.15, -0.1) is 0 Å². The number of fused-ring (bicyclic) bond motifs is 5. The maximum atomic E-state index is 11.1. The molecule has 7 atom stereocenters. The smallest absolute Gasteiger partial charge is 0.119 e. The molecular formula is C21H30O3. The van der Waals surface area contributed by atoms with E-state index in [0.717, 1.165) is 31.4 Å². The predicted octanol–water partition coefficient (Wildman–Crippen LogP) is 3.52. The van der Waals surface area contributed by atoms with Crippen molar-refractivity contribution >= 4 is 0 Å². The summed E-state index contributed by atoms with van der Waals surface area (Å²) in [5.74, 6) is 2.67. The van der Waals surface area contributed by atoms with Crippen molar-refractivity contribution in [3.05, 3.63) is 29.3 Å². The molecule has 2 fully saturated rings. The molecule has 0 saturated heterocycles. The van der Waals surface area contributed by atoms with Crippen molar-refractivity contribution in [1.82, 2.24) is 0 Å². The van der Waals surface area contributed by atoms with Crippen LogP contribution >= 0.6 is 0 Å². The van der Waals surface area contributed by atoms with E-state index in [9.17, 15) is 10.2 Å². The standard InChI is InChI=1S/C21H30O3/c1-12(22)17-8-9-18-16-6-4-13-10-14(24-3)5-7-15(13)20(16)19(23)11-21(17,18)2/h5,7,10,12,16-20,22-23H,4,6,8-9,11H2,1-3H3/t12?,16-,17?,18-,19?,20+,21+/m0/s1. The van der Waals surface area contributed by atoms with Crippen molar-refractivity contribution in [1.29, 1.82) is 0 Å². The summed E-state index contributed by atoms with van der Waals surface area (Å²) in [7, 11) is 1.71. The van der Waals surface area contributed by atoms with Gasteiger partial charge >= 0.3 is 0 Å². The zero-order chi connectivity index (χ0) is 17.1. The SMILES string of the molecule is COc1ccc2c(c1)CC[C@@H]1[C@@H]2C(O)C[C@]2(C)C(C(C)O)CC[C@@H]12. The summed E-state index contributed by atoms with van der Waals surface area (Å²) >= 11 is 0. The Morgan fingerprint density at radius 1 is 1.25 bits per heavy atom. The van der Waals surface area contributed by atoms with E-state index in [1.807, 2.05) is 13.0 Å². The quantitative estimate of drug-likeness (QED) is 0.872. The van der Waals surface area contributed by atoms with Gasteiger partial charge in [-0.1, -0.05) is 13.0 Å². The van der Waals surface area contributed by atoms with Gasteiger partial charge in [-0.3, -0.25) is 0 Å². The molecule has 2 saturated carbocycles.